The number of hydrogen-bond donors (Lipinski definition) is 0. The van der Waals surface area contributed by atoms with Crippen LogP contribution in [0.4, 0.5) is 0 Å². The number of aromatic nitrogens is 2. The van der Waals surface area contributed by atoms with Crippen molar-refractivity contribution < 1.29 is 18.8 Å². The summed E-state index contributed by atoms with van der Waals surface area (Å²) in [4.78, 5) is 28.7. The third-order valence-electron chi connectivity index (χ3n) is 4.24. The molecule has 0 unspecified atom stereocenters. The van der Waals surface area contributed by atoms with Gasteiger partial charge in [-0.2, -0.15) is 16.3 Å². The van der Waals surface area contributed by atoms with E-state index in [2.05, 4.69) is 10.1 Å². The molecular formula is C21H16N2O4S. The van der Waals surface area contributed by atoms with Crippen LogP contribution in [0.5, 0.6) is 0 Å². The van der Waals surface area contributed by atoms with Crippen LogP contribution in [0.3, 0.4) is 0 Å². The highest BCUT2D eigenvalue weighted by Crippen LogP contribution is 2.20. The van der Waals surface area contributed by atoms with Crippen molar-refractivity contribution in [2.75, 3.05) is 6.61 Å². The van der Waals surface area contributed by atoms with Gasteiger partial charge < -0.3 is 9.26 Å². The number of hydrogen-bond acceptors (Lipinski definition) is 7. The first kappa shape index (κ1) is 18.1. The van der Waals surface area contributed by atoms with Crippen LogP contribution in [0.1, 0.15) is 22.7 Å². The van der Waals surface area contributed by atoms with E-state index in [1.165, 1.54) is 0 Å². The van der Waals surface area contributed by atoms with Crippen LogP contribution >= 0.6 is 11.3 Å². The molecular weight excluding hydrogens is 376 g/mol. The first-order valence-corrected chi connectivity index (χ1v) is 9.67. The van der Waals surface area contributed by atoms with Gasteiger partial charge in [-0.1, -0.05) is 47.6 Å². The maximum atomic E-state index is 12.5. The Morgan fingerprint density at radius 3 is 2.79 bits per heavy atom. The number of rotatable bonds is 7. The normalized spacial score (nSPS) is 10.9. The summed E-state index contributed by atoms with van der Waals surface area (Å²) in [5, 5.41) is 9.55. The van der Waals surface area contributed by atoms with E-state index in [1.54, 1.807) is 17.4 Å². The monoisotopic (exact) mass is 392 g/mol. The van der Waals surface area contributed by atoms with Gasteiger partial charge in [-0.05, 0) is 22.2 Å². The molecule has 0 atom stereocenters. The molecule has 2 heterocycles. The molecule has 4 aromatic rings. The van der Waals surface area contributed by atoms with E-state index < -0.39 is 5.97 Å². The number of Topliss-reactive ketones (excluding diaryl/α,β-unsaturated/α-hetero) is 1. The van der Waals surface area contributed by atoms with Gasteiger partial charge in [0.1, 0.15) is 0 Å². The molecule has 0 aliphatic carbocycles. The Morgan fingerprint density at radius 2 is 1.93 bits per heavy atom. The van der Waals surface area contributed by atoms with Crippen molar-refractivity contribution in [3.8, 4) is 11.4 Å². The van der Waals surface area contributed by atoms with Crippen molar-refractivity contribution in [2.45, 2.75) is 12.8 Å². The SMILES string of the molecule is O=C(CCc1nc(-c2ccsc2)no1)OCC(=O)c1cccc2ccccc12. The quantitative estimate of drug-likeness (QED) is 0.344. The average Bonchev–Trinajstić information content (AvgIpc) is 3.41. The minimum atomic E-state index is -0.483. The van der Waals surface area contributed by atoms with E-state index in [0.29, 0.717) is 17.3 Å². The van der Waals surface area contributed by atoms with E-state index in [4.69, 9.17) is 9.26 Å². The Hall–Kier alpha value is -3.32. The molecule has 0 N–H and O–H groups in total. The Labute approximate surface area is 164 Å². The number of aryl methyl sites for hydroxylation is 1. The molecule has 0 radical (unpaired) electrons. The van der Waals surface area contributed by atoms with Crippen LogP contribution in [0.25, 0.3) is 22.2 Å². The zero-order chi connectivity index (χ0) is 19.3. The third-order valence-corrected chi connectivity index (χ3v) is 4.93. The lowest BCUT2D eigenvalue weighted by molar-refractivity contribution is -0.142. The first-order valence-electron chi connectivity index (χ1n) is 8.72. The predicted molar refractivity (Wildman–Crippen MR) is 105 cm³/mol. The summed E-state index contributed by atoms with van der Waals surface area (Å²) in [7, 11) is 0. The van der Waals surface area contributed by atoms with Crippen molar-refractivity contribution >= 4 is 33.9 Å². The van der Waals surface area contributed by atoms with E-state index in [1.807, 2.05) is 53.2 Å². The molecule has 0 bridgehead atoms. The maximum absolute atomic E-state index is 12.5. The van der Waals surface area contributed by atoms with Gasteiger partial charge in [-0.3, -0.25) is 9.59 Å². The summed E-state index contributed by atoms with van der Waals surface area (Å²) in [6.07, 6.45) is 0.326. The lowest BCUT2D eigenvalue weighted by atomic mass is 10.0. The summed E-state index contributed by atoms with van der Waals surface area (Å²) < 4.78 is 10.3. The zero-order valence-electron chi connectivity index (χ0n) is 14.8. The van der Waals surface area contributed by atoms with E-state index in [-0.39, 0.29) is 25.2 Å². The van der Waals surface area contributed by atoms with Crippen LogP contribution in [0.15, 0.2) is 63.8 Å². The summed E-state index contributed by atoms with van der Waals surface area (Å²) in [6, 6.07) is 15.0. The van der Waals surface area contributed by atoms with Crippen molar-refractivity contribution in [1.29, 1.82) is 0 Å². The van der Waals surface area contributed by atoms with Crippen LogP contribution in [-0.2, 0) is 16.0 Å². The molecule has 28 heavy (non-hydrogen) atoms. The number of nitrogens with zero attached hydrogens (tertiary/aromatic N) is 2. The van der Waals surface area contributed by atoms with Gasteiger partial charge in [0.2, 0.25) is 17.5 Å². The zero-order valence-corrected chi connectivity index (χ0v) is 15.6. The molecule has 0 saturated heterocycles. The fourth-order valence-corrected chi connectivity index (χ4v) is 3.47. The van der Waals surface area contributed by atoms with Crippen molar-refractivity contribution in [3.63, 3.8) is 0 Å². The molecule has 0 amide bonds. The number of ketones is 1. The Balaban J connectivity index is 1.31. The minimum Gasteiger partial charge on any atom is -0.457 e. The van der Waals surface area contributed by atoms with Crippen molar-refractivity contribution in [3.05, 3.63) is 70.7 Å². The Kier molecular flexibility index (Phi) is 5.25. The number of esters is 1. The smallest absolute Gasteiger partial charge is 0.306 e. The number of benzene rings is 2. The lowest BCUT2D eigenvalue weighted by Gasteiger charge is -2.06. The van der Waals surface area contributed by atoms with Gasteiger partial charge in [0.15, 0.2) is 6.61 Å². The Morgan fingerprint density at radius 1 is 1.07 bits per heavy atom. The van der Waals surface area contributed by atoms with Crippen molar-refractivity contribution in [2.24, 2.45) is 0 Å². The van der Waals surface area contributed by atoms with E-state index in [0.717, 1.165) is 16.3 Å². The second-order valence-electron chi connectivity index (χ2n) is 6.13. The van der Waals surface area contributed by atoms with E-state index >= 15 is 0 Å². The summed E-state index contributed by atoms with van der Waals surface area (Å²) >= 11 is 1.54. The first-order chi connectivity index (χ1) is 13.7. The highest BCUT2D eigenvalue weighted by atomic mass is 32.1. The highest BCUT2D eigenvalue weighted by molar-refractivity contribution is 7.08. The molecule has 0 saturated carbocycles. The standard InChI is InChI=1S/C21H16N2O4S/c24-18(17-7-3-5-14-4-1-2-6-16(14)17)12-26-20(25)9-8-19-22-21(23-27-19)15-10-11-28-13-15/h1-7,10-11,13H,8-9,12H2. The summed E-state index contributed by atoms with van der Waals surface area (Å²) in [5.41, 5.74) is 1.42. The molecule has 0 spiro atoms. The maximum Gasteiger partial charge on any atom is 0.306 e. The second kappa shape index (κ2) is 8.14. The van der Waals surface area contributed by atoms with Gasteiger partial charge in [0.05, 0.1) is 6.42 Å². The van der Waals surface area contributed by atoms with Gasteiger partial charge >= 0.3 is 5.97 Å². The fourth-order valence-electron chi connectivity index (χ4n) is 2.84. The van der Waals surface area contributed by atoms with Crippen LogP contribution < -0.4 is 0 Å². The largest absolute Gasteiger partial charge is 0.457 e. The molecule has 0 aliphatic heterocycles. The molecule has 7 heteroatoms. The van der Waals surface area contributed by atoms with Crippen LogP contribution in [0, 0.1) is 0 Å². The van der Waals surface area contributed by atoms with Gasteiger partial charge in [0.25, 0.3) is 0 Å². The summed E-state index contributed by atoms with van der Waals surface area (Å²) in [6.45, 7) is -0.295. The number of ether oxygens (including phenoxy) is 1. The minimum absolute atomic E-state index is 0.0636. The van der Waals surface area contributed by atoms with Crippen LogP contribution in [-0.4, -0.2) is 28.5 Å². The molecule has 0 fully saturated rings. The van der Waals surface area contributed by atoms with Gasteiger partial charge in [-0.15, -0.1) is 0 Å². The number of thiophene rings is 1. The van der Waals surface area contributed by atoms with Crippen molar-refractivity contribution in [1.82, 2.24) is 10.1 Å². The second-order valence-corrected chi connectivity index (χ2v) is 6.91. The molecule has 6 nitrogen and oxygen atoms in total. The van der Waals surface area contributed by atoms with Gasteiger partial charge in [-0.25, -0.2) is 0 Å². The number of carbonyl (C=O) groups excluding carboxylic acids is 2. The average molecular weight is 392 g/mol. The van der Waals surface area contributed by atoms with Gasteiger partial charge in [0, 0.05) is 22.9 Å². The van der Waals surface area contributed by atoms with Crippen LogP contribution in [0.2, 0.25) is 0 Å². The molecule has 140 valence electrons. The number of carbonyl (C=O) groups is 2. The number of fused-ring (bicyclic) bond motifs is 1. The highest BCUT2D eigenvalue weighted by Gasteiger charge is 2.15. The van der Waals surface area contributed by atoms with E-state index in [9.17, 15) is 9.59 Å². The molecule has 2 aromatic carbocycles. The third kappa shape index (κ3) is 3.99. The fraction of sp³-hybridized carbons (Fsp3) is 0.143. The lowest BCUT2D eigenvalue weighted by Crippen LogP contribution is -2.15. The molecule has 4 rings (SSSR count). The topological polar surface area (TPSA) is 82.3 Å². The predicted octanol–water partition coefficient (Wildman–Crippen LogP) is 4.31. The molecule has 0 aliphatic rings. The summed E-state index contributed by atoms with van der Waals surface area (Å²) in [5.74, 6) is 0.140. The molecule has 2 aromatic heterocycles. The Bertz CT molecular complexity index is 1110.